The van der Waals surface area contributed by atoms with Crippen molar-refractivity contribution in [2.45, 2.75) is 12.5 Å². The van der Waals surface area contributed by atoms with Crippen molar-refractivity contribution in [1.29, 1.82) is 10.5 Å². The fraction of sp³-hybridized carbons (Fsp3) is 0.0625. The van der Waals surface area contributed by atoms with Crippen LogP contribution < -0.4 is 0 Å². The Labute approximate surface area is 207 Å². The maximum atomic E-state index is 10.2. The molecule has 1 aliphatic carbocycles. The maximum Gasteiger partial charge on any atom is 0.101 e. The molecule has 0 aliphatic heterocycles. The van der Waals surface area contributed by atoms with Gasteiger partial charge in [0.25, 0.3) is 0 Å². The second kappa shape index (κ2) is 7.73. The Morgan fingerprint density at radius 1 is 0.583 bits per heavy atom. The van der Waals surface area contributed by atoms with E-state index in [1.165, 1.54) is 10.8 Å². The summed E-state index contributed by atoms with van der Waals surface area (Å²) in [5.74, 6) is 0. The molecule has 0 bridgehead atoms. The fourth-order valence-corrected chi connectivity index (χ4v) is 5.89. The number of hydrogen-bond donors (Lipinski definition) is 0. The third-order valence-electron chi connectivity index (χ3n) is 7.39. The van der Waals surface area contributed by atoms with Gasteiger partial charge >= 0.3 is 0 Å². The van der Waals surface area contributed by atoms with Crippen LogP contribution in [0.3, 0.4) is 0 Å². The summed E-state index contributed by atoms with van der Waals surface area (Å²) < 4.78 is 4.50. The van der Waals surface area contributed by atoms with E-state index < -0.39 is 0 Å². The van der Waals surface area contributed by atoms with E-state index in [2.05, 4.69) is 81.9 Å². The molecule has 1 atom stereocenters. The summed E-state index contributed by atoms with van der Waals surface area (Å²) >= 11 is 0. The fourth-order valence-electron chi connectivity index (χ4n) is 5.89. The predicted molar refractivity (Wildman–Crippen MR) is 145 cm³/mol. The summed E-state index contributed by atoms with van der Waals surface area (Å²) in [6.45, 7) is 0. The lowest BCUT2D eigenvalue weighted by molar-refractivity contribution is 0.623. The van der Waals surface area contributed by atoms with Gasteiger partial charge < -0.3 is 9.13 Å². The van der Waals surface area contributed by atoms with Crippen molar-refractivity contribution >= 4 is 49.3 Å². The summed E-state index contributed by atoms with van der Waals surface area (Å²) in [5.41, 5.74) is 6.37. The van der Waals surface area contributed by atoms with Gasteiger partial charge in [0, 0.05) is 44.7 Å². The molecule has 0 N–H and O–H groups in total. The van der Waals surface area contributed by atoms with Gasteiger partial charge in [-0.05, 0) is 30.3 Å². The lowest BCUT2D eigenvalue weighted by atomic mass is 9.92. The van der Waals surface area contributed by atoms with E-state index in [4.69, 9.17) is 0 Å². The summed E-state index contributed by atoms with van der Waals surface area (Å²) in [6, 6.07) is 37.9. The first kappa shape index (κ1) is 20.3. The smallest absolute Gasteiger partial charge is 0.101 e. The average Bonchev–Trinajstić information content (AvgIpc) is 3.45. The minimum absolute atomic E-state index is 0.230. The van der Waals surface area contributed by atoms with Gasteiger partial charge in [0.1, 0.15) is 6.07 Å². The molecule has 4 aromatic carbocycles. The van der Waals surface area contributed by atoms with E-state index in [9.17, 15) is 10.5 Å². The molecule has 0 radical (unpaired) electrons. The predicted octanol–water partition coefficient (Wildman–Crippen LogP) is 7.73. The molecule has 4 heteroatoms. The second-order valence-electron chi connectivity index (χ2n) is 9.18. The molecule has 2 aromatic heterocycles. The number of allylic oxidation sites excluding steroid dienone is 4. The summed E-state index contributed by atoms with van der Waals surface area (Å²) in [7, 11) is 0. The first-order chi connectivity index (χ1) is 17.8. The van der Waals surface area contributed by atoms with Crippen LogP contribution in [-0.4, -0.2) is 9.13 Å². The highest BCUT2D eigenvalue weighted by Crippen LogP contribution is 2.43. The highest BCUT2D eigenvalue weighted by Gasteiger charge is 2.30. The standard InChI is InChI=1S/C32H20N4/c33-19-21-17-22(20-34)32(36-29-15-7-3-11-25(29)26-12-4-8-16-30(26)36)18-31(21)35-27-13-5-1-9-23(27)24-10-2-6-14-28(24)35/h1-17,31H,18H2. The average molecular weight is 461 g/mol. The maximum absolute atomic E-state index is 10.2. The van der Waals surface area contributed by atoms with Gasteiger partial charge in [-0.1, -0.05) is 72.8 Å². The molecule has 2 heterocycles. The van der Waals surface area contributed by atoms with Crippen molar-refractivity contribution < 1.29 is 0 Å². The van der Waals surface area contributed by atoms with Crippen LogP contribution in [0, 0.1) is 22.7 Å². The van der Waals surface area contributed by atoms with E-state index in [0.717, 1.165) is 38.5 Å². The molecule has 168 valence electrons. The molecule has 6 aromatic rings. The van der Waals surface area contributed by atoms with E-state index in [1.54, 1.807) is 6.08 Å². The minimum Gasteiger partial charge on any atom is -0.332 e. The molecule has 0 fully saturated rings. The van der Waals surface area contributed by atoms with E-state index in [1.807, 2.05) is 36.4 Å². The number of aromatic nitrogens is 2. The van der Waals surface area contributed by atoms with E-state index in [0.29, 0.717) is 17.6 Å². The zero-order chi connectivity index (χ0) is 24.2. The highest BCUT2D eigenvalue weighted by molar-refractivity contribution is 6.11. The lowest BCUT2D eigenvalue weighted by Crippen LogP contribution is -2.18. The number of fused-ring (bicyclic) bond motifs is 6. The number of hydrogen-bond acceptors (Lipinski definition) is 2. The number of benzene rings is 4. The van der Waals surface area contributed by atoms with Crippen molar-refractivity contribution in [2.24, 2.45) is 0 Å². The van der Waals surface area contributed by atoms with Crippen LogP contribution in [0.5, 0.6) is 0 Å². The number of para-hydroxylation sites is 4. The van der Waals surface area contributed by atoms with Gasteiger partial charge in [0.05, 0.1) is 34.3 Å². The Morgan fingerprint density at radius 3 is 1.50 bits per heavy atom. The largest absolute Gasteiger partial charge is 0.332 e. The molecule has 36 heavy (non-hydrogen) atoms. The first-order valence-electron chi connectivity index (χ1n) is 12.0. The highest BCUT2D eigenvalue weighted by atomic mass is 15.1. The van der Waals surface area contributed by atoms with Gasteiger partial charge in [-0.2, -0.15) is 10.5 Å². The Kier molecular flexibility index (Phi) is 4.37. The van der Waals surface area contributed by atoms with Gasteiger partial charge in [-0.3, -0.25) is 0 Å². The van der Waals surface area contributed by atoms with Gasteiger partial charge in [-0.25, -0.2) is 0 Å². The monoisotopic (exact) mass is 460 g/mol. The van der Waals surface area contributed by atoms with Crippen LogP contribution in [0.15, 0.2) is 114 Å². The van der Waals surface area contributed by atoms with E-state index >= 15 is 0 Å². The zero-order valence-electron chi connectivity index (χ0n) is 19.4. The summed E-state index contributed by atoms with van der Waals surface area (Å²) in [4.78, 5) is 0. The van der Waals surface area contributed by atoms with Crippen molar-refractivity contribution in [3.05, 3.63) is 114 Å². The molecule has 4 nitrogen and oxygen atoms in total. The van der Waals surface area contributed by atoms with E-state index in [-0.39, 0.29) is 6.04 Å². The molecule has 0 amide bonds. The van der Waals surface area contributed by atoms with Crippen molar-refractivity contribution in [3.8, 4) is 12.1 Å². The van der Waals surface area contributed by atoms with Gasteiger partial charge in [0.15, 0.2) is 0 Å². The van der Waals surface area contributed by atoms with Crippen LogP contribution in [-0.2, 0) is 0 Å². The Balaban J connectivity index is 1.54. The molecular weight excluding hydrogens is 440 g/mol. The molecular formula is C32H20N4. The normalized spacial score (nSPS) is 15.9. The lowest BCUT2D eigenvalue weighted by Gasteiger charge is -2.27. The zero-order valence-corrected chi connectivity index (χ0v) is 19.4. The van der Waals surface area contributed by atoms with Crippen molar-refractivity contribution in [2.75, 3.05) is 0 Å². The Morgan fingerprint density at radius 2 is 1.03 bits per heavy atom. The van der Waals surface area contributed by atoms with Gasteiger partial charge in [0.2, 0.25) is 0 Å². The molecule has 7 rings (SSSR count). The minimum atomic E-state index is -0.230. The third kappa shape index (κ3) is 2.73. The van der Waals surface area contributed by atoms with Gasteiger partial charge in [-0.15, -0.1) is 0 Å². The van der Waals surface area contributed by atoms with Crippen LogP contribution in [0.4, 0.5) is 0 Å². The molecule has 0 saturated carbocycles. The van der Waals surface area contributed by atoms with Crippen LogP contribution in [0.2, 0.25) is 0 Å². The van der Waals surface area contributed by atoms with Crippen molar-refractivity contribution in [1.82, 2.24) is 9.13 Å². The van der Waals surface area contributed by atoms with Crippen LogP contribution in [0.1, 0.15) is 12.5 Å². The number of rotatable bonds is 2. The Bertz CT molecular complexity index is 1890. The van der Waals surface area contributed by atoms with Crippen LogP contribution >= 0.6 is 0 Å². The number of nitrogens with zero attached hydrogens (tertiary/aromatic N) is 4. The quantitative estimate of drug-likeness (QED) is 0.265. The molecule has 0 saturated heterocycles. The number of nitriles is 2. The second-order valence-corrected chi connectivity index (χ2v) is 9.18. The summed E-state index contributed by atoms with van der Waals surface area (Å²) in [6.07, 6.45) is 2.32. The molecule has 0 spiro atoms. The summed E-state index contributed by atoms with van der Waals surface area (Å²) in [5, 5.41) is 25.0. The first-order valence-corrected chi connectivity index (χ1v) is 12.0. The topological polar surface area (TPSA) is 57.4 Å². The molecule has 1 aliphatic rings. The third-order valence-corrected chi connectivity index (χ3v) is 7.39. The molecule has 1 unspecified atom stereocenters. The van der Waals surface area contributed by atoms with Crippen molar-refractivity contribution in [3.63, 3.8) is 0 Å². The van der Waals surface area contributed by atoms with Crippen LogP contribution in [0.25, 0.3) is 49.3 Å². The Hall–Kier alpha value is -5.06. The SMILES string of the molecule is N#CC1=CC(C#N)=C(n2c3ccccc3c3ccccc32)CC1n1c2ccccc2c2ccccc21.